The third-order valence-corrected chi connectivity index (χ3v) is 6.79. The van der Waals surface area contributed by atoms with Crippen molar-refractivity contribution in [2.75, 3.05) is 12.9 Å². The number of carbonyl (C=O) groups excluding carboxylic acids is 2. The zero-order chi connectivity index (χ0) is 22.1. The molecule has 0 radical (unpaired) electrons. The smallest absolute Gasteiger partial charge is 0.326 e. The maximum Gasteiger partial charge on any atom is 0.326 e. The zero-order valence-corrected chi connectivity index (χ0v) is 18.8. The van der Waals surface area contributed by atoms with E-state index >= 15 is 0 Å². The Bertz CT molecular complexity index is 1300. The minimum absolute atomic E-state index is 0.0597. The number of sulfone groups is 1. The first kappa shape index (κ1) is 21.9. The van der Waals surface area contributed by atoms with Gasteiger partial charge in [-0.25, -0.2) is 8.42 Å². The number of rotatable bonds is 5. The van der Waals surface area contributed by atoms with Crippen LogP contribution in [0.5, 0.6) is 0 Å². The summed E-state index contributed by atoms with van der Waals surface area (Å²) in [6.45, 7) is 5.87. The Labute approximate surface area is 178 Å². The highest BCUT2D eigenvalue weighted by Gasteiger charge is 2.15. The molecule has 0 saturated heterocycles. The normalized spacial score (nSPS) is 12.3. The molecule has 0 spiro atoms. The van der Waals surface area contributed by atoms with Gasteiger partial charge in [-0.15, -0.1) is 0 Å². The molecule has 9 heteroatoms. The summed E-state index contributed by atoms with van der Waals surface area (Å²) < 4.78 is 30.9. The predicted molar refractivity (Wildman–Crippen MR) is 115 cm³/mol. The number of thiazole rings is 1. The molecule has 0 aliphatic carbocycles. The molecule has 30 heavy (non-hydrogen) atoms. The van der Waals surface area contributed by atoms with E-state index in [1.165, 1.54) is 35.6 Å². The fourth-order valence-electron chi connectivity index (χ4n) is 3.08. The minimum Gasteiger partial charge on any atom is -0.465 e. The van der Waals surface area contributed by atoms with Crippen molar-refractivity contribution in [1.29, 1.82) is 0 Å². The molecular weight excluding hydrogens is 424 g/mol. The third-order valence-electron chi connectivity index (χ3n) is 4.43. The number of ether oxygens (including phenoxy) is 1. The van der Waals surface area contributed by atoms with Gasteiger partial charge in [0.05, 0.1) is 21.7 Å². The summed E-state index contributed by atoms with van der Waals surface area (Å²) in [4.78, 5) is 29.6. The van der Waals surface area contributed by atoms with Crippen LogP contribution in [0.2, 0.25) is 0 Å². The van der Waals surface area contributed by atoms with Gasteiger partial charge in [0.25, 0.3) is 5.91 Å². The molecule has 0 N–H and O–H groups in total. The van der Waals surface area contributed by atoms with Crippen LogP contribution in [-0.2, 0) is 25.9 Å². The van der Waals surface area contributed by atoms with Crippen molar-refractivity contribution in [3.05, 3.63) is 57.9 Å². The first-order valence-corrected chi connectivity index (χ1v) is 12.0. The Morgan fingerprint density at radius 3 is 2.40 bits per heavy atom. The van der Waals surface area contributed by atoms with Gasteiger partial charge in [0.15, 0.2) is 14.6 Å². The van der Waals surface area contributed by atoms with Crippen molar-refractivity contribution in [1.82, 2.24) is 4.57 Å². The maximum absolute atomic E-state index is 12.7. The van der Waals surface area contributed by atoms with E-state index in [-0.39, 0.29) is 23.6 Å². The van der Waals surface area contributed by atoms with Crippen LogP contribution in [0.3, 0.4) is 0 Å². The van der Waals surface area contributed by atoms with Crippen molar-refractivity contribution >= 4 is 43.3 Å². The van der Waals surface area contributed by atoms with E-state index in [2.05, 4.69) is 4.99 Å². The number of hydrogen-bond donors (Lipinski definition) is 0. The highest BCUT2D eigenvalue weighted by molar-refractivity contribution is 7.90. The summed E-state index contributed by atoms with van der Waals surface area (Å²) in [6, 6.07) is 9.60. The number of aromatic nitrogens is 1. The van der Waals surface area contributed by atoms with E-state index in [1.54, 1.807) is 11.5 Å². The second kappa shape index (κ2) is 8.53. The molecule has 0 bridgehead atoms. The fraction of sp³-hybridized carbons (Fsp3) is 0.286. The van der Waals surface area contributed by atoms with Crippen LogP contribution in [0.4, 0.5) is 0 Å². The Morgan fingerprint density at radius 1 is 1.13 bits per heavy atom. The highest BCUT2D eigenvalue weighted by Crippen LogP contribution is 2.23. The molecule has 158 valence electrons. The molecule has 0 fully saturated rings. The van der Waals surface area contributed by atoms with E-state index in [0.29, 0.717) is 4.80 Å². The van der Waals surface area contributed by atoms with Crippen LogP contribution in [0.1, 0.15) is 28.4 Å². The van der Waals surface area contributed by atoms with Crippen LogP contribution in [-0.4, -0.2) is 37.7 Å². The molecule has 0 unspecified atom stereocenters. The number of esters is 1. The minimum atomic E-state index is -3.35. The van der Waals surface area contributed by atoms with Gasteiger partial charge in [-0.3, -0.25) is 9.59 Å². The summed E-state index contributed by atoms with van der Waals surface area (Å²) in [6.07, 6.45) is 1.11. The van der Waals surface area contributed by atoms with Gasteiger partial charge in [-0.1, -0.05) is 17.4 Å². The standard InChI is InChI=1S/C21H22N2O5S2/c1-5-28-18(24)12-23-17-11-13(2)10-14(3)19(17)29-21(23)22-20(25)15-6-8-16(9-7-15)30(4,26)27/h6-11H,5,12H2,1-4H3. The third kappa shape index (κ3) is 4.68. The SMILES string of the molecule is CCOC(=O)Cn1c(=NC(=O)c2ccc(S(C)(=O)=O)cc2)sc2c(C)cc(C)cc21. The first-order valence-electron chi connectivity index (χ1n) is 9.25. The fourth-order valence-corrected chi connectivity index (χ4v) is 4.79. The monoisotopic (exact) mass is 446 g/mol. The number of hydrogen-bond acceptors (Lipinski definition) is 6. The number of benzene rings is 2. The average Bonchev–Trinajstić information content (AvgIpc) is 2.99. The quantitative estimate of drug-likeness (QED) is 0.562. The van der Waals surface area contributed by atoms with Crippen molar-refractivity contribution in [3.63, 3.8) is 0 Å². The summed E-state index contributed by atoms with van der Waals surface area (Å²) in [7, 11) is -3.35. The lowest BCUT2D eigenvalue weighted by Gasteiger charge is -2.06. The molecule has 1 amide bonds. The van der Waals surface area contributed by atoms with Gasteiger partial charge >= 0.3 is 5.97 Å². The molecule has 1 aromatic heterocycles. The Kier molecular flexibility index (Phi) is 6.23. The van der Waals surface area contributed by atoms with Crippen LogP contribution < -0.4 is 4.80 Å². The summed E-state index contributed by atoms with van der Waals surface area (Å²) in [5, 5.41) is 0. The maximum atomic E-state index is 12.7. The Morgan fingerprint density at radius 2 is 1.80 bits per heavy atom. The van der Waals surface area contributed by atoms with Crippen LogP contribution in [0.25, 0.3) is 10.2 Å². The topological polar surface area (TPSA) is 94.8 Å². The van der Waals surface area contributed by atoms with E-state index in [0.717, 1.165) is 27.6 Å². The summed E-state index contributed by atoms with van der Waals surface area (Å²) in [5.41, 5.74) is 3.13. The van der Waals surface area contributed by atoms with Crippen molar-refractivity contribution < 1.29 is 22.7 Å². The molecule has 1 heterocycles. The van der Waals surface area contributed by atoms with Gasteiger partial charge in [-0.2, -0.15) is 4.99 Å². The first-order chi connectivity index (χ1) is 14.1. The van der Waals surface area contributed by atoms with E-state index in [1.807, 2.05) is 26.0 Å². The highest BCUT2D eigenvalue weighted by atomic mass is 32.2. The number of amides is 1. The lowest BCUT2D eigenvalue weighted by Crippen LogP contribution is -2.23. The number of fused-ring (bicyclic) bond motifs is 1. The number of aryl methyl sites for hydroxylation is 2. The van der Waals surface area contributed by atoms with Gasteiger partial charge < -0.3 is 9.30 Å². The second-order valence-electron chi connectivity index (χ2n) is 6.92. The predicted octanol–water partition coefficient (Wildman–Crippen LogP) is 3.03. The Balaban J connectivity index is 2.11. The molecule has 2 aromatic carbocycles. The van der Waals surface area contributed by atoms with E-state index in [4.69, 9.17) is 4.74 Å². The van der Waals surface area contributed by atoms with Crippen LogP contribution >= 0.6 is 11.3 Å². The van der Waals surface area contributed by atoms with Gasteiger partial charge in [0, 0.05) is 11.8 Å². The van der Waals surface area contributed by atoms with E-state index < -0.39 is 21.7 Å². The molecule has 3 rings (SSSR count). The van der Waals surface area contributed by atoms with Gasteiger partial charge in [-0.05, 0) is 62.2 Å². The molecule has 3 aromatic rings. The van der Waals surface area contributed by atoms with Crippen molar-refractivity contribution in [2.45, 2.75) is 32.2 Å². The lowest BCUT2D eigenvalue weighted by molar-refractivity contribution is -0.143. The summed E-state index contributed by atoms with van der Waals surface area (Å²) >= 11 is 1.32. The Hall–Kier alpha value is -2.78. The second-order valence-corrected chi connectivity index (χ2v) is 9.91. The number of carbonyl (C=O) groups is 2. The molecule has 0 atom stereocenters. The lowest BCUT2D eigenvalue weighted by atomic mass is 10.1. The molecule has 0 aliphatic heterocycles. The van der Waals surface area contributed by atoms with Gasteiger partial charge in [0.1, 0.15) is 6.54 Å². The average molecular weight is 447 g/mol. The van der Waals surface area contributed by atoms with Crippen LogP contribution in [0.15, 0.2) is 46.3 Å². The van der Waals surface area contributed by atoms with Crippen molar-refractivity contribution in [2.24, 2.45) is 4.99 Å². The molecule has 0 aliphatic rings. The van der Waals surface area contributed by atoms with E-state index in [9.17, 15) is 18.0 Å². The number of nitrogens with zero attached hydrogens (tertiary/aromatic N) is 2. The van der Waals surface area contributed by atoms with Crippen LogP contribution in [0, 0.1) is 13.8 Å². The summed E-state index contributed by atoms with van der Waals surface area (Å²) in [5.74, 6) is -0.934. The van der Waals surface area contributed by atoms with Crippen molar-refractivity contribution in [3.8, 4) is 0 Å². The molecule has 7 nitrogen and oxygen atoms in total. The van der Waals surface area contributed by atoms with Gasteiger partial charge in [0.2, 0.25) is 0 Å². The largest absolute Gasteiger partial charge is 0.465 e. The zero-order valence-electron chi connectivity index (χ0n) is 17.1. The molecule has 0 saturated carbocycles. The molecular formula is C21H22N2O5S2.